The number of likely N-dealkylation sites (N-methyl/N-ethyl adjacent to an activating group) is 1. The maximum atomic E-state index is 10.6. The number of ether oxygens (including phenoxy) is 2. The predicted octanol–water partition coefficient (Wildman–Crippen LogP) is 2.95. The standard InChI is InChI=1S/C20H41N3O6/c1-10-22(28-16(2)26-19(4,5)6)13-14-23(12-11-21-15-18(24)25)29-17(3)27-20(7,8)9/h15-17H,10-14H2,1-9H3,(H,24,25). The third-order valence-electron chi connectivity index (χ3n) is 3.27. The Morgan fingerprint density at radius 1 is 0.931 bits per heavy atom. The van der Waals surface area contributed by atoms with Gasteiger partial charge in [0.15, 0.2) is 12.6 Å². The van der Waals surface area contributed by atoms with Crippen LogP contribution in [-0.2, 0) is 23.9 Å². The molecule has 0 spiro atoms. The van der Waals surface area contributed by atoms with Gasteiger partial charge in [-0.25, -0.2) is 4.79 Å². The Hall–Kier alpha value is -1.10. The van der Waals surface area contributed by atoms with Gasteiger partial charge >= 0.3 is 5.97 Å². The molecule has 2 unspecified atom stereocenters. The molecule has 0 aromatic carbocycles. The molecule has 0 aliphatic rings. The van der Waals surface area contributed by atoms with Gasteiger partial charge in [-0.3, -0.25) is 14.7 Å². The van der Waals surface area contributed by atoms with Gasteiger partial charge in [0.2, 0.25) is 0 Å². The molecule has 9 nitrogen and oxygen atoms in total. The van der Waals surface area contributed by atoms with Crippen LogP contribution in [0.4, 0.5) is 0 Å². The fourth-order valence-corrected chi connectivity index (χ4v) is 2.50. The van der Waals surface area contributed by atoms with E-state index >= 15 is 0 Å². The summed E-state index contributed by atoms with van der Waals surface area (Å²) in [6.45, 7) is 20.0. The van der Waals surface area contributed by atoms with Gasteiger partial charge in [0.1, 0.15) is 6.21 Å². The number of aliphatic carboxylic acids is 1. The smallest absolute Gasteiger partial charge is 0.346 e. The van der Waals surface area contributed by atoms with Gasteiger partial charge in [-0.1, -0.05) is 6.92 Å². The van der Waals surface area contributed by atoms with Crippen LogP contribution in [0.1, 0.15) is 62.3 Å². The van der Waals surface area contributed by atoms with Crippen LogP contribution in [0.3, 0.4) is 0 Å². The molecule has 0 fully saturated rings. The van der Waals surface area contributed by atoms with E-state index in [4.69, 9.17) is 24.3 Å². The van der Waals surface area contributed by atoms with Crippen molar-refractivity contribution in [2.24, 2.45) is 4.99 Å². The summed E-state index contributed by atoms with van der Waals surface area (Å²) >= 11 is 0. The van der Waals surface area contributed by atoms with Gasteiger partial charge in [0.05, 0.1) is 17.7 Å². The quantitative estimate of drug-likeness (QED) is 0.261. The molecule has 0 radical (unpaired) electrons. The van der Waals surface area contributed by atoms with Crippen molar-refractivity contribution in [2.75, 3.05) is 32.7 Å². The second kappa shape index (κ2) is 13.3. The lowest BCUT2D eigenvalue weighted by Crippen LogP contribution is -2.42. The van der Waals surface area contributed by atoms with Crippen LogP contribution in [0.25, 0.3) is 0 Å². The number of carbonyl (C=O) groups is 1. The molecular formula is C20H41N3O6. The molecule has 0 aromatic rings. The predicted molar refractivity (Wildman–Crippen MR) is 113 cm³/mol. The van der Waals surface area contributed by atoms with E-state index in [2.05, 4.69) is 4.99 Å². The molecule has 9 heteroatoms. The first-order valence-corrected chi connectivity index (χ1v) is 10.1. The van der Waals surface area contributed by atoms with E-state index in [9.17, 15) is 4.79 Å². The summed E-state index contributed by atoms with van der Waals surface area (Å²) in [5.41, 5.74) is -0.638. The normalized spacial score (nSPS) is 15.4. The van der Waals surface area contributed by atoms with E-state index < -0.39 is 12.3 Å². The highest BCUT2D eigenvalue weighted by atomic mass is 16.8. The fraction of sp³-hybridized carbons (Fsp3) is 0.900. The SMILES string of the molecule is CCN(CCN(CCN=CC(=O)O)OC(C)OC(C)(C)C)OC(C)OC(C)(C)C. The van der Waals surface area contributed by atoms with Crippen LogP contribution in [0, 0.1) is 0 Å². The molecule has 29 heavy (non-hydrogen) atoms. The van der Waals surface area contributed by atoms with E-state index in [0.29, 0.717) is 32.7 Å². The van der Waals surface area contributed by atoms with E-state index in [1.165, 1.54) is 0 Å². The van der Waals surface area contributed by atoms with Crippen molar-refractivity contribution >= 4 is 12.2 Å². The summed E-state index contributed by atoms with van der Waals surface area (Å²) in [7, 11) is 0. The first-order valence-electron chi connectivity index (χ1n) is 10.1. The zero-order valence-corrected chi connectivity index (χ0v) is 19.6. The Kier molecular flexibility index (Phi) is 12.7. The molecule has 0 heterocycles. The van der Waals surface area contributed by atoms with E-state index in [1.807, 2.05) is 67.4 Å². The van der Waals surface area contributed by atoms with Crippen molar-refractivity contribution in [1.29, 1.82) is 0 Å². The molecule has 2 atom stereocenters. The number of hydroxylamine groups is 4. The maximum absolute atomic E-state index is 10.6. The molecule has 0 amide bonds. The molecular weight excluding hydrogens is 378 g/mol. The summed E-state index contributed by atoms with van der Waals surface area (Å²) in [4.78, 5) is 26.2. The molecule has 0 aliphatic heterocycles. The fourth-order valence-electron chi connectivity index (χ4n) is 2.50. The zero-order chi connectivity index (χ0) is 22.7. The molecule has 0 rings (SSSR count). The van der Waals surface area contributed by atoms with E-state index in [1.54, 1.807) is 5.06 Å². The Labute approximate surface area is 175 Å². The van der Waals surface area contributed by atoms with Crippen molar-refractivity contribution < 1.29 is 29.0 Å². The Morgan fingerprint density at radius 3 is 1.79 bits per heavy atom. The lowest BCUT2D eigenvalue weighted by molar-refractivity contribution is -0.315. The van der Waals surface area contributed by atoms with Crippen LogP contribution in [-0.4, -0.2) is 83.9 Å². The topological polar surface area (TPSA) is 93.1 Å². The summed E-state index contributed by atoms with van der Waals surface area (Å²) in [6, 6.07) is 0. The molecule has 172 valence electrons. The Morgan fingerprint density at radius 2 is 1.38 bits per heavy atom. The summed E-state index contributed by atoms with van der Waals surface area (Å²) in [6.07, 6.45) is 0.0467. The van der Waals surface area contributed by atoms with Crippen LogP contribution in [0.5, 0.6) is 0 Å². The van der Waals surface area contributed by atoms with Gasteiger partial charge in [-0.2, -0.15) is 10.1 Å². The van der Waals surface area contributed by atoms with Crippen molar-refractivity contribution in [2.45, 2.75) is 86.1 Å². The zero-order valence-electron chi connectivity index (χ0n) is 19.6. The highest BCUT2D eigenvalue weighted by Gasteiger charge is 2.21. The third kappa shape index (κ3) is 17.5. The average molecular weight is 420 g/mol. The van der Waals surface area contributed by atoms with Crippen molar-refractivity contribution in [3.05, 3.63) is 0 Å². The van der Waals surface area contributed by atoms with Crippen molar-refractivity contribution in [3.63, 3.8) is 0 Å². The third-order valence-corrected chi connectivity index (χ3v) is 3.27. The lowest BCUT2D eigenvalue weighted by Gasteiger charge is -2.32. The van der Waals surface area contributed by atoms with Crippen LogP contribution < -0.4 is 0 Å². The molecule has 0 saturated heterocycles. The van der Waals surface area contributed by atoms with Crippen molar-refractivity contribution in [1.82, 2.24) is 10.1 Å². The first kappa shape index (κ1) is 27.9. The number of aliphatic imine (C=N–C) groups is 1. The molecule has 0 bridgehead atoms. The van der Waals surface area contributed by atoms with Gasteiger partial charge in [-0.15, -0.1) is 0 Å². The Balaban J connectivity index is 4.77. The van der Waals surface area contributed by atoms with Crippen LogP contribution in [0.2, 0.25) is 0 Å². The van der Waals surface area contributed by atoms with Crippen LogP contribution >= 0.6 is 0 Å². The highest BCUT2D eigenvalue weighted by Crippen LogP contribution is 2.14. The lowest BCUT2D eigenvalue weighted by atomic mass is 10.2. The number of rotatable bonds is 14. The monoisotopic (exact) mass is 419 g/mol. The van der Waals surface area contributed by atoms with Gasteiger partial charge in [0, 0.05) is 26.2 Å². The van der Waals surface area contributed by atoms with Gasteiger partial charge < -0.3 is 14.6 Å². The molecule has 0 aliphatic carbocycles. The minimum absolute atomic E-state index is 0.296. The largest absolute Gasteiger partial charge is 0.477 e. The van der Waals surface area contributed by atoms with Gasteiger partial charge in [-0.05, 0) is 55.4 Å². The summed E-state index contributed by atoms with van der Waals surface area (Å²) < 4.78 is 11.6. The number of nitrogens with zero attached hydrogens (tertiary/aromatic N) is 3. The van der Waals surface area contributed by atoms with E-state index in [-0.39, 0.29) is 17.5 Å². The van der Waals surface area contributed by atoms with Crippen LogP contribution in [0.15, 0.2) is 4.99 Å². The Bertz CT molecular complexity index is 488. The molecule has 0 saturated carbocycles. The second-order valence-corrected chi connectivity index (χ2v) is 8.63. The average Bonchev–Trinajstić information content (AvgIpc) is 2.51. The van der Waals surface area contributed by atoms with Crippen molar-refractivity contribution in [3.8, 4) is 0 Å². The summed E-state index contributed by atoms with van der Waals surface area (Å²) in [5, 5.41) is 12.2. The van der Waals surface area contributed by atoms with E-state index in [0.717, 1.165) is 6.21 Å². The number of hydrogen-bond donors (Lipinski definition) is 1. The van der Waals surface area contributed by atoms with Gasteiger partial charge in [0.25, 0.3) is 0 Å². The summed E-state index contributed by atoms with van der Waals surface area (Å²) in [5.74, 6) is -1.07. The number of hydrogen-bond acceptors (Lipinski definition) is 8. The molecule has 0 aromatic heterocycles. The number of carboxylic acids is 1. The number of carboxylic acid groups (broad SMARTS) is 1. The highest BCUT2D eigenvalue weighted by molar-refractivity contribution is 6.21. The minimum Gasteiger partial charge on any atom is -0.477 e. The second-order valence-electron chi connectivity index (χ2n) is 8.63. The first-order chi connectivity index (χ1) is 13.2. The maximum Gasteiger partial charge on any atom is 0.346 e. The minimum atomic E-state index is -1.07. The molecule has 1 N–H and O–H groups in total.